The van der Waals surface area contributed by atoms with E-state index in [0.717, 1.165) is 18.4 Å². The molecule has 19 heavy (non-hydrogen) atoms. The molecule has 0 saturated heterocycles. The van der Waals surface area contributed by atoms with Crippen LogP contribution in [0.25, 0.3) is 11.0 Å². The summed E-state index contributed by atoms with van der Waals surface area (Å²) in [4.78, 5) is 12.0. The molecule has 0 amide bonds. The second kappa shape index (κ2) is 6.22. The fraction of sp³-hybridized carbons (Fsp3) is 0.400. The molecule has 0 aliphatic rings. The Hall–Kier alpha value is -1.32. The van der Waals surface area contributed by atoms with E-state index in [-0.39, 0.29) is 5.78 Å². The number of nitrogens with one attached hydrogen (secondary N) is 1. The van der Waals surface area contributed by atoms with Gasteiger partial charge in [0.2, 0.25) is 0 Å². The summed E-state index contributed by atoms with van der Waals surface area (Å²) in [5.74, 6) is 0.458. The lowest BCUT2D eigenvalue weighted by Crippen LogP contribution is -2.24. The van der Waals surface area contributed by atoms with Crippen molar-refractivity contribution in [3.8, 4) is 0 Å². The highest BCUT2D eigenvalue weighted by Gasteiger charge is 2.12. The molecule has 0 bridgehead atoms. The van der Waals surface area contributed by atoms with E-state index >= 15 is 0 Å². The summed E-state index contributed by atoms with van der Waals surface area (Å²) in [6.07, 6.45) is 1.31. The molecular weight excluding hydrogens is 262 g/mol. The first kappa shape index (κ1) is 14.1. The second-order valence-corrected chi connectivity index (χ2v) is 5.36. The van der Waals surface area contributed by atoms with Crippen molar-refractivity contribution in [3.63, 3.8) is 0 Å². The van der Waals surface area contributed by atoms with Gasteiger partial charge in [-0.25, -0.2) is 0 Å². The molecule has 2 rings (SSSR count). The van der Waals surface area contributed by atoms with Crippen LogP contribution in [0.3, 0.4) is 0 Å². The quantitative estimate of drug-likeness (QED) is 0.641. The maximum Gasteiger partial charge on any atom is 0.198 e. The molecule has 0 unspecified atom stereocenters. The second-order valence-electron chi connectivity index (χ2n) is 4.93. The van der Waals surface area contributed by atoms with Gasteiger partial charge >= 0.3 is 0 Å². The molecule has 3 nitrogen and oxygen atoms in total. The van der Waals surface area contributed by atoms with Crippen molar-refractivity contribution in [2.45, 2.75) is 32.7 Å². The zero-order chi connectivity index (χ0) is 13.8. The van der Waals surface area contributed by atoms with Gasteiger partial charge in [0.1, 0.15) is 5.58 Å². The van der Waals surface area contributed by atoms with Gasteiger partial charge in [0, 0.05) is 22.9 Å². The molecule has 0 aliphatic heterocycles. The summed E-state index contributed by atoms with van der Waals surface area (Å²) in [7, 11) is 0. The lowest BCUT2D eigenvalue weighted by molar-refractivity contribution is 0.0955. The largest absolute Gasteiger partial charge is 0.453 e. The van der Waals surface area contributed by atoms with Crippen LogP contribution in [0.4, 0.5) is 0 Å². The Morgan fingerprint density at radius 3 is 2.89 bits per heavy atom. The van der Waals surface area contributed by atoms with E-state index in [0.29, 0.717) is 28.8 Å². The Balaban J connectivity index is 1.97. The number of rotatable bonds is 6. The third kappa shape index (κ3) is 3.82. The van der Waals surface area contributed by atoms with Crippen molar-refractivity contribution in [2.75, 3.05) is 6.54 Å². The van der Waals surface area contributed by atoms with Crippen LogP contribution in [0, 0.1) is 0 Å². The molecule has 2 aromatic rings. The molecule has 1 aromatic carbocycles. The maximum absolute atomic E-state index is 12.0. The molecule has 0 radical (unpaired) electrons. The molecular formula is C15H18ClNO2. The molecule has 1 heterocycles. The van der Waals surface area contributed by atoms with Gasteiger partial charge in [-0.05, 0) is 37.2 Å². The van der Waals surface area contributed by atoms with Crippen molar-refractivity contribution in [1.29, 1.82) is 0 Å². The molecule has 102 valence electrons. The lowest BCUT2D eigenvalue weighted by Gasteiger charge is -2.06. The van der Waals surface area contributed by atoms with Crippen LogP contribution in [0.5, 0.6) is 0 Å². The normalized spacial score (nSPS) is 11.4. The molecule has 0 saturated carbocycles. The fourth-order valence-electron chi connectivity index (χ4n) is 1.91. The van der Waals surface area contributed by atoms with Crippen molar-refractivity contribution in [3.05, 3.63) is 35.0 Å². The smallest absolute Gasteiger partial charge is 0.198 e. The van der Waals surface area contributed by atoms with E-state index in [4.69, 9.17) is 16.0 Å². The van der Waals surface area contributed by atoms with Crippen LogP contribution in [-0.2, 0) is 0 Å². The van der Waals surface area contributed by atoms with Crippen LogP contribution >= 0.6 is 11.6 Å². The van der Waals surface area contributed by atoms with Crippen LogP contribution < -0.4 is 5.32 Å². The molecule has 1 N–H and O–H groups in total. The van der Waals surface area contributed by atoms with Crippen LogP contribution in [0.1, 0.15) is 37.2 Å². The molecule has 4 heteroatoms. The van der Waals surface area contributed by atoms with Gasteiger partial charge in [0.05, 0.1) is 0 Å². The number of fused-ring (bicyclic) bond motifs is 1. The predicted octanol–water partition coefficient (Wildman–Crippen LogP) is 4.05. The number of hydrogen-bond donors (Lipinski definition) is 1. The highest BCUT2D eigenvalue weighted by atomic mass is 35.5. The van der Waals surface area contributed by atoms with Crippen LogP contribution in [-0.4, -0.2) is 18.4 Å². The highest BCUT2D eigenvalue weighted by molar-refractivity contribution is 6.31. The van der Waals surface area contributed by atoms with Crippen molar-refractivity contribution in [1.82, 2.24) is 5.32 Å². The predicted molar refractivity (Wildman–Crippen MR) is 77.9 cm³/mol. The average molecular weight is 280 g/mol. The molecule has 0 aliphatic carbocycles. The van der Waals surface area contributed by atoms with Gasteiger partial charge < -0.3 is 9.73 Å². The van der Waals surface area contributed by atoms with E-state index in [1.54, 1.807) is 24.3 Å². The minimum absolute atomic E-state index is 0.0397. The Bertz CT molecular complexity index is 575. The molecule has 0 spiro atoms. The number of halogens is 1. The maximum atomic E-state index is 12.0. The van der Waals surface area contributed by atoms with Crippen molar-refractivity contribution < 1.29 is 9.21 Å². The third-order valence-corrected chi connectivity index (χ3v) is 3.12. The van der Waals surface area contributed by atoms with Crippen LogP contribution in [0.2, 0.25) is 5.02 Å². The van der Waals surface area contributed by atoms with Gasteiger partial charge in [0.25, 0.3) is 0 Å². The van der Waals surface area contributed by atoms with Gasteiger partial charge in [-0.2, -0.15) is 0 Å². The summed E-state index contributed by atoms with van der Waals surface area (Å²) in [6.45, 7) is 5.02. The Morgan fingerprint density at radius 2 is 2.16 bits per heavy atom. The average Bonchev–Trinajstić information content (AvgIpc) is 2.77. The summed E-state index contributed by atoms with van der Waals surface area (Å²) < 4.78 is 5.53. The lowest BCUT2D eigenvalue weighted by atomic mass is 10.1. The number of benzene rings is 1. The first-order valence-electron chi connectivity index (χ1n) is 6.52. The minimum Gasteiger partial charge on any atom is -0.453 e. The van der Waals surface area contributed by atoms with E-state index in [1.807, 2.05) is 0 Å². The summed E-state index contributed by atoms with van der Waals surface area (Å²) in [6, 6.07) is 7.56. The minimum atomic E-state index is 0.0397. The zero-order valence-electron chi connectivity index (χ0n) is 11.2. The zero-order valence-corrected chi connectivity index (χ0v) is 12.0. The monoisotopic (exact) mass is 279 g/mol. The number of ketones is 1. The van der Waals surface area contributed by atoms with Gasteiger partial charge in [-0.1, -0.05) is 25.4 Å². The first-order valence-corrected chi connectivity index (χ1v) is 6.90. The number of hydrogen-bond acceptors (Lipinski definition) is 3. The summed E-state index contributed by atoms with van der Waals surface area (Å²) in [5.41, 5.74) is 0.702. The summed E-state index contributed by atoms with van der Waals surface area (Å²) >= 11 is 5.90. The highest BCUT2D eigenvalue weighted by Crippen LogP contribution is 2.23. The van der Waals surface area contributed by atoms with Crippen LogP contribution in [0.15, 0.2) is 28.7 Å². The number of furan rings is 1. The van der Waals surface area contributed by atoms with E-state index in [9.17, 15) is 4.79 Å². The number of carbonyl (C=O) groups excluding carboxylic acids is 1. The number of carbonyl (C=O) groups is 1. The SMILES string of the molecule is CC(C)NCCCC(=O)c1cc2cc(Cl)ccc2o1. The Morgan fingerprint density at radius 1 is 1.37 bits per heavy atom. The Labute approximate surface area is 117 Å². The van der Waals surface area contributed by atoms with Gasteiger partial charge in [-0.15, -0.1) is 0 Å². The summed E-state index contributed by atoms with van der Waals surface area (Å²) in [5, 5.41) is 4.80. The van der Waals surface area contributed by atoms with Gasteiger partial charge in [-0.3, -0.25) is 4.79 Å². The van der Waals surface area contributed by atoms with E-state index in [1.165, 1.54) is 0 Å². The topological polar surface area (TPSA) is 42.2 Å². The molecule has 1 aromatic heterocycles. The van der Waals surface area contributed by atoms with E-state index < -0.39 is 0 Å². The standard InChI is InChI=1S/C15H18ClNO2/c1-10(2)17-7-3-4-13(18)15-9-11-8-12(16)5-6-14(11)19-15/h5-6,8-10,17H,3-4,7H2,1-2H3. The van der Waals surface area contributed by atoms with Crippen molar-refractivity contribution in [2.24, 2.45) is 0 Å². The molecule has 0 atom stereocenters. The van der Waals surface area contributed by atoms with E-state index in [2.05, 4.69) is 19.2 Å². The Kier molecular flexibility index (Phi) is 4.61. The van der Waals surface area contributed by atoms with Crippen molar-refractivity contribution >= 4 is 28.4 Å². The van der Waals surface area contributed by atoms with Gasteiger partial charge in [0.15, 0.2) is 11.5 Å². The fourth-order valence-corrected chi connectivity index (χ4v) is 2.10. The molecule has 0 fully saturated rings. The number of Topliss-reactive ketones (excluding diaryl/α,β-unsaturated/α-hetero) is 1. The third-order valence-electron chi connectivity index (χ3n) is 2.89. The first-order chi connectivity index (χ1) is 9.06.